The Morgan fingerprint density at radius 3 is 2.57 bits per heavy atom. The summed E-state index contributed by atoms with van der Waals surface area (Å²) in [5.41, 5.74) is 8.99. The van der Waals surface area contributed by atoms with Crippen molar-refractivity contribution in [1.29, 1.82) is 0 Å². The number of anilines is 1. The fraction of sp³-hybridized carbons (Fsp3) is 0.211. The molecule has 0 bridgehead atoms. The van der Waals surface area contributed by atoms with Gasteiger partial charge in [0.05, 0.1) is 5.69 Å². The number of pyridine rings is 1. The molecule has 0 fully saturated rings. The molecule has 0 unspecified atom stereocenters. The summed E-state index contributed by atoms with van der Waals surface area (Å²) in [5, 5.41) is 0. The summed E-state index contributed by atoms with van der Waals surface area (Å²) < 4.78 is 7.90. The number of nitrogens with zero attached hydrogens (tertiary/aromatic N) is 2. The highest BCUT2D eigenvalue weighted by Crippen LogP contribution is 2.33. The molecule has 0 aliphatic heterocycles. The van der Waals surface area contributed by atoms with Crippen molar-refractivity contribution in [3.8, 4) is 22.8 Å². The highest BCUT2D eigenvalue weighted by Gasteiger charge is 2.12. The molecule has 2 N–H and O–H groups in total. The van der Waals surface area contributed by atoms with Crippen LogP contribution in [0.5, 0.6) is 11.5 Å². The van der Waals surface area contributed by atoms with Gasteiger partial charge >= 0.3 is 0 Å². The standard InChI is InChI=1S/C19H21N3O/c1-13(2)17-11-14(23-15-9-10-22(3)12-15)7-8-16(17)18-5-4-6-19(20)21-18/h4-13H,1-3H3,(H2,20,21). The molecule has 1 aromatic carbocycles. The van der Waals surface area contributed by atoms with Gasteiger partial charge in [0.2, 0.25) is 0 Å². The summed E-state index contributed by atoms with van der Waals surface area (Å²) in [6.07, 6.45) is 3.91. The first kappa shape index (κ1) is 15.2. The van der Waals surface area contributed by atoms with Gasteiger partial charge in [-0.25, -0.2) is 4.98 Å². The predicted molar refractivity (Wildman–Crippen MR) is 93.7 cm³/mol. The van der Waals surface area contributed by atoms with Crippen molar-refractivity contribution in [3.63, 3.8) is 0 Å². The van der Waals surface area contributed by atoms with Gasteiger partial charge in [0, 0.05) is 25.0 Å². The predicted octanol–water partition coefficient (Wildman–Crippen LogP) is 4.59. The van der Waals surface area contributed by atoms with E-state index in [0.717, 1.165) is 22.8 Å². The van der Waals surface area contributed by atoms with E-state index in [1.807, 2.05) is 48.3 Å². The van der Waals surface area contributed by atoms with Crippen molar-refractivity contribution < 1.29 is 4.74 Å². The van der Waals surface area contributed by atoms with Gasteiger partial charge in [0.1, 0.15) is 17.3 Å². The normalized spacial score (nSPS) is 11.0. The van der Waals surface area contributed by atoms with Crippen LogP contribution in [0.3, 0.4) is 0 Å². The molecule has 0 radical (unpaired) electrons. The Labute approximate surface area is 136 Å². The molecule has 0 aliphatic carbocycles. The first-order valence-corrected chi connectivity index (χ1v) is 7.69. The van der Waals surface area contributed by atoms with Crippen molar-refractivity contribution in [3.05, 3.63) is 60.4 Å². The van der Waals surface area contributed by atoms with E-state index in [2.05, 4.69) is 31.0 Å². The Kier molecular flexibility index (Phi) is 4.06. The van der Waals surface area contributed by atoms with Crippen molar-refractivity contribution in [2.24, 2.45) is 7.05 Å². The summed E-state index contributed by atoms with van der Waals surface area (Å²) in [4.78, 5) is 4.44. The molecule has 0 atom stereocenters. The third-order valence-electron chi connectivity index (χ3n) is 3.73. The van der Waals surface area contributed by atoms with Crippen LogP contribution in [0, 0.1) is 0 Å². The molecule has 0 aliphatic rings. The summed E-state index contributed by atoms with van der Waals surface area (Å²) in [6, 6.07) is 13.8. The molecular formula is C19H21N3O. The van der Waals surface area contributed by atoms with Crippen LogP contribution in [-0.2, 0) is 7.05 Å². The zero-order valence-electron chi connectivity index (χ0n) is 13.7. The van der Waals surface area contributed by atoms with Crippen molar-refractivity contribution in [2.45, 2.75) is 19.8 Å². The van der Waals surface area contributed by atoms with Crippen LogP contribution in [0.1, 0.15) is 25.3 Å². The van der Waals surface area contributed by atoms with Gasteiger partial charge in [-0.2, -0.15) is 0 Å². The van der Waals surface area contributed by atoms with Crippen LogP contribution in [0.25, 0.3) is 11.3 Å². The maximum atomic E-state index is 5.94. The fourth-order valence-corrected chi connectivity index (χ4v) is 2.59. The summed E-state index contributed by atoms with van der Waals surface area (Å²) >= 11 is 0. The molecule has 0 saturated carbocycles. The highest BCUT2D eigenvalue weighted by atomic mass is 16.5. The van der Waals surface area contributed by atoms with Crippen molar-refractivity contribution in [1.82, 2.24) is 9.55 Å². The quantitative estimate of drug-likeness (QED) is 0.767. The van der Waals surface area contributed by atoms with Crippen LogP contribution >= 0.6 is 0 Å². The smallest absolute Gasteiger partial charge is 0.145 e. The van der Waals surface area contributed by atoms with Crippen molar-refractivity contribution >= 4 is 5.82 Å². The lowest BCUT2D eigenvalue weighted by Crippen LogP contribution is -1.97. The molecule has 118 valence electrons. The zero-order valence-corrected chi connectivity index (χ0v) is 13.7. The lowest BCUT2D eigenvalue weighted by Gasteiger charge is -2.15. The molecule has 0 amide bonds. The molecule has 0 spiro atoms. The van der Waals surface area contributed by atoms with Crippen LogP contribution in [0.15, 0.2) is 54.9 Å². The number of ether oxygens (including phenoxy) is 1. The monoisotopic (exact) mass is 307 g/mol. The van der Waals surface area contributed by atoms with Gasteiger partial charge in [-0.1, -0.05) is 19.9 Å². The van der Waals surface area contributed by atoms with Gasteiger partial charge in [0.15, 0.2) is 0 Å². The van der Waals surface area contributed by atoms with Gasteiger partial charge in [-0.15, -0.1) is 0 Å². The largest absolute Gasteiger partial charge is 0.456 e. The van der Waals surface area contributed by atoms with E-state index >= 15 is 0 Å². The minimum atomic E-state index is 0.354. The lowest BCUT2D eigenvalue weighted by molar-refractivity contribution is 0.481. The molecular weight excluding hydrogens is 286 g/mol. The van der Waals surface area contributed by atoms with Crippen LogP contribution in [0.2, 0.25) is 0 Å². The summed E-state index contributed by atoms with van der Waals surface area (Å²) in [7, 11) is 1.97. The van der Waals surface area contributed by atoms with Gasteiger partial charge in [-0.3, -0.25) is 0 Å². The van der Waals surface area contributed by atoms with E-state index in [-0.39, 0.29) is 0 Å². The van der Waals surface area contributed by atoms with Crippen LogP contribution < -0.4 is 10.5 Å². The number of aromatic nitrogens is 2. The Morgan fingerprint density at radius 2 is 1.91 bits per heavy atom. The first-order chi connectivity index (χ1) is 11.0. The maximum Gasteiger partial charge on any atom is 0.145 e. The van der Waals surface area contributed by atoms with E-state index in [9.17, 15) is 0 Å². The molecule has 3 rings (SSSR count). The summed E-state index contributed by atoms with van der Waals surface area (Å²) in [6.45, 7) is 4.33. The number of benzene rings is 1. The maximum absolute atomic E-state index is 5.94. The number of rotatable bonds is 4. The van der Waals surface area contributed by atoms with Gasteiger partial charge in [-0.05, 0) is 47.9 Å². The first-order valence-electron chi connectivity index (χ1n) is 7.69. The van der Waals surface area contributed by atoms with E-state index in [1.54, 1.807) is 6.07 Å². The molecule has 3 aromatic rings. The number of nitrogen functional groups attached to an aromatic ring is 1. The van der Waals surface area contributed by atoms with Gasteiger partial charge in [0.25, 0.3) is 0 Å². The third kappa shape index (κ3) is 3.37. The summed E-state index contributed by atoms with van der Waals surface area (Å²) in [5.74, 6) is 2.54. The van der Waals surface area contributed by atoms with E-state index in [4.69, 9.17) is 10.5 Å². The van der Waals surface area contributed by atoms with Crippen LogP contribution in [0.4, 0.5) is 5.82 Å². The Balaban J connectivity index is 1.98. The average molecular weight is 307 g/mol. The zero-order chi connectivity index (χ0) is 16.4. The highest BCUT2D eigenvalue weighted by molar-refractivity contribution is 5.67. The second-order valence-electron chi connectivity index (χ2n) is 5.97. The molecule has 0 saturated heterocycles. The molecule has 2 aromatic heterocycles. The Bertz CT molecular complexity index is 821. The second kappa shape index (κ2) is 6.16. The number of aryl methyl sites for hydroxylation is 1. The molecule has 4 nitrogen and oxygen atoms in total. The Morgan fingerprint density at radius 1 is 1.09 bits per heavy atom. The second-order valence-corrected chi connectivity index (χ2v) is 5.97. The molecule has 23 heavy (non-hydrogen) atoms. The third-order valence-corrected chi connectivity index (χ3v) is 3.73. The molecule has 4 heteroatoms. The topological polar surface area (TPSA) is 53.1 Å². The SMILES string of the molecule is CC(C)c1cc(Oc2ccn(C)c2)ccc1-c1cccc(N)n1. The van der Waals surface area contributed by atoms with E-state index < -0.39 is 0 Å². The number of hydrogen-bond donors (Lipinski definition) is 1. The molecule has 2 heterocycles. The fourth-order valence-electron chi connectivity index (χ4n) is 2.59. The van der Waals surface area contributed by atoms with Gasteiger partial charge < -0.3 is 15.0 Å². The van der Waals surface area contributed by atoms with E-state index in [1.165, 1.54) is 5.56 Å². The van der Waals surface area contributed by atoms with E-state index in [0.29, 0.717) is 11.7 Å². The minimum Gasteiger partial charge on any atom is -0.456 e. The number of nitrogens with two attached hydrogens (primary N) is 1. The lowest BCUT2D eigenvalue weighted by atomic mass is 9.94. The minimum absolute atomic E-state index is 0.354. The number of hydrogen-bond acceptors (Lipinski definition) is 3. The Hall–Kier alpha value is -2.75. The van der Waals surface area contributed by atoms with Crippen LogP contribution in [-0.4, -0.2) is 9.55 Å². The van der Waals surface area contributed by atoms with Crippen molar-refractivity contribution in [2.75, 3.05) is 5.73 Å². The average Bonchev–Trinajstić information content (AvgIpc) is 2.92.